The summed E-state index contributed by atoms with van der Waals surface area (Å²) in [5, 5.41) is 8.67. The van der Waals surface area contributed by atoms with E-state index in [1.807, 2.05) is 0 Å². The Morgan fingerprint density at radius 3 is 1.83 bits per heavy atom. The second-order valence-corrected chi connectivity index (χ2v) is 6.57. The van der Waals surface area contributed by atoms with Crippen LogP contribution in [0.4, 0.5) is 0 Å². The van der Waals surface area contributed by atoms with Crippen molar-refractivity contribution in [2.24, 2.45) is 0 Å². The van der Waals surface area contributed by atoms with Crippen molar-refractivity contribution in [3.63, 3.8) is 0 Å². The highest BCUT2D eigenvalue weighted by Gasteiger charge is 2.26. The summed E-state index contributed by atoms with van der Waals surface area (Å²) in [7, 11) is 0. The summed E-state index contributed by atoms with van der Waals surface area (Å²) < 4.78 is 23.1. The van der Waals surface area contributed by atoms with Crippen molar-refractivity contribution >= 4 is 0 Å². The summed E-state index contributed by atoms with van der Waals surface area (Å²) in [6, 6.07) is 0. The van der Waals surface area contributed by atoms with E-state index >= 15 is 0 Å². The maximum Gasteiger partial charge on any atom is 0.0837 e. The molecule has 5 nitrogen and oxygen atoms in total. The third-order valence-electron chi connectivity index (χ3n) is 4.76. The fraction of sp³-hybridized carbons (Fsp3) is 1.00. The monoisotopic (exact) mass is 330 g/mol. The summed E-state index contributed by atoms with van der Waals surface area (Å²) in [4.78, 5) is 0. The van der Waals surface area contributed by atoms with Gasteiger partial charge in [0.15, 0.2) is 0 Å². The molecule has 2 aliphatic rings. The highest BCUT2D eigenvalue weighted by atomic mass is 16.6. The van der Waals surface area contributed by atoms with Gasteiger partial charge in [0.2, 0.25) is 0 Å². The Bertz CT molecular complexity index is 281. The van der Waals surface area contributed by atoms with Crippen LogP contribution in [0.25, 0.3) is 0 Å². The van der Waals surface area contributed by atoms with Crippen LogP contribution < -0.4 is 0 Å². The van der Waals surface area contributed by atoms with Crippen LogP contribution >= 0.6 is 0 Å². The van der Waals surface area contributed by atoms with E-state index in [0.29, 0.717) is 39.1 Å². The molecule has 0 radical (unpaired) electrons. The molecule has 0 amide bonds. The number of hydrogen-bond acceptors (Lipinski definition) is 5. The Kier molecular flexibility index (Phi) is 10.1. The van der Waals surface area contributed by atoms with E-state index in [1.54, 1.807) is 0 Å². The fourth-order valence-corrected chi connectivity index (χ4v) is 3.52. The van der Waals surface area contributed by atoms with Crippen LogP contribution in [0, 0.1) is 0 Å². The van der Waals surface area contributed by atoms with E-state index < -0.39 is 0 Å². The molecular formula is C18H34O5. The molecule has 1 N–H and O–H groups in total. The molecule has 0 aromatic rings. The molecule has 0 saturated heterocycles. The van der Waals surface area contributed by atoms with Crippen molar-refractivity contribution in [3.05, 3.63) is 0 Å². The lowest BCUT2D eigenvalue weighted by molar-refractivity contribution is -0.114. The Balaban J connectivity index is 1.55. The lowest BCUT2D eigenvalue weighted by atomic mass is 9.94. The Morgan fingerprint density at radius 2 is 1.17 bits per heavy atom. The van der Waals surface area contributed by atoms with Crippen LogP contribution in [-0.4, -0.2) is 63.1 Å². The zero-order chi connectivity index (χ0) is 16.2. The van der Waals surface area contributed by atoms with E-state index in [4.69, 9.17) is 24.1 Å². The highest BCUT2D eigenvalue weighted by Crippen LogP contribution is 2.24. The molecule has 2 unspecified atom stereocenters. The van der Waals surface area contributed by atoms with Crippen LogP contribution in [0.2, 0.25) is 0 Å². The molecule has 2 saturated carbocycles. The molecule has 23 heavy (non-hydrogen) atoms. The predicted molar refractivity (Wildman–Crippen MR) is 88.7 cm³/mol. The Hall–Kier alpha value is -0.200. The normalized spacial score (nSPS) is 26.5. The second kappa shape index (κ2) is 12.2. The van der Waals surface area contributed by atoms with Crippen LogP contribution in [0.3, 0.4) is 0 Å². The molecule has 0 bridgehead atoms. The molecule has 0 spiro atoms. The van der Waals surface area contributed by atoms with E-state index in [2.05, 4.69) is 0 Å². The van der Waals surface area contributed by atoms with E-state index in [1.165, 1.54) is 44.9 Å². The van der Waals surface area contributed by atoms with Crippen LogP contribution in [0.5, 0.6) is 0 Å². The van der Waals surface area contributed by atoms with E-state index in [-0.39, 0.29) is 18.8 Å². The van der Waals surface area contributed by atoms with E-state index in [9.17, 15) is 0 Å². The number of rotatable bonds is 11. The van der Waals surface area contributed by atoms with Gasteiger partial charge in [0, 0.05) is 0 Å². The maximum atomic E-state index is 8.67. The van der Waals surface area contributed by atoms with Crippen molar-refractivity contribution in [1.29, 1.82) is 0 Å². The Morgan fingerprint density at radius 1 is 0.609 bits per heavy atom. The third-order valence-corrected chi connectivity index (χ3v) is 4.76. The zero-order valence-corrected chi connectivity index (χ0v) is 14.4. The number of aliphatic hydroxyl groups excluding tert-OH is 1. The van der Waals surface area contributed by atoms with E-state index in [0.717, 1.165) is 12.8 Å². The molecule has 2 rings (SSSR count). The molecule has 136 valence electrons. The van der Waals surface area contributed by atoms with Gasteiger partial charge in [0.05, 0.1) is 58.0 Å². The van der Waals surface area contributed by atoms with Gasteiger partial charge in [-0.1, -0.05) is 32.1 Å². The molecule has 0 aromatic heterocycles. The minimum absolute atomic E-state index is 0.0656. The van der Waals surface area contributed by atoms with Gasteiger partial charge in [-0.15, -0.1) is 0 Å². The standard InChI is InChI=1S/C18H34O5/c19-10-11-20-12-13-22-17-8-4-5-9-18(17)23-15-14-21-16-6-2-1-3-7-16/h16-19H,1-15H2. The fourth-order valence-electron chi connectivity index (χ4n) is 3.52. The molecule has 5 heteroatoms. The maximum absolute atomic E-state index is 8.67. The summed E-state index contributed by atoms with van der Waals surface area (Å²) in [6.07, 6.45) is 11.8. The quantitative estimate of drug-likeness (QED) is 0.590. The molecule has 2 atom stereocenters. The first-order valence-electron chi connectivity index (χ1n) is 9.43. The van der Waals surface area contributed by atoms with Gasteiger partial charge >= 0.3 is 0 Å². The minimum atomic E-state index is 0.0656. The Labute approximate surface area is 140 Å². The molecular weight excluding hydrogens is 296 g/mol. The first-order chi connectivity index (χ1) is 11.4. The van der Waals surface area contributed by atoms with Gasteiger partial charge in [-0.2, -0.15) is 0 Å². The van der Waals surface area contributed by atoms with Crippen molar-refractivity contribution in [2.45, 2.75) is 76.1 Å². The molecule has 2 fully saturated rings. The van der Waals surface area contributed by atoms with Gasteiger partial charge < -0.3 is 24.1 Å². The lowest BCUT2D eigenvalue weighted by Gasteiger charge is -2.31. The van der Waals surface area contributed by atoms with Crippen LogP contribution in [0.1, 0.15) is 57.8 Å². The first kappa shape index (κ1) is 19.1. The average Bonchev–Trinajstić information content (AvgIpc) is 2.60. The largest absolute Gasteiger partial charge is 0.394 e. The topological polar surface area (TPSA) is 57.2 Å². The smallest absolute Gasteiger partial charge is 0.0837 e. The van der Waals surface area contributed by atoms with Gasteiger partial charge in [-0.25, -0.2) is 0 Å². The minimum Gasteiger partial charge on any atom is -0.394 e. The number of aliphatic hydroxyl groups is 1. The molecule has 2 aliphatic carbocycles. The average molecular weight is 330 g/mol. The van der Waals surface area contributed by atoms with Crippen molar-refractivity contribution < 1.29 is 24.1 Å². The molecule has 0 aromatic carbocycles. The second-order valence-electron chi connectivity index (χ2n) is 6.57. The lowest BCUT2D eigenvalue weighted by Crippen LogP contribution is -2.36. The summed E-state index contributed by atoms with van der Waals surface area (Å²) >= 11 is 0. The van der Waals surface area contributed by atoms with Gasteiger partial charge in [-0.3, -0.25) is 0 Å². The first-order valence-corrected chi connectivity index (χ1v) is 9.43. The van der Waals surface area contributed by atoms with Crippen molar-refractivity contribution in [2.75, 3.05) is 39.6 Å². The summed E-state index contributed by atoms with van der Waals surface area (Å²) in [5.74, 6) is 0. The predicted octanol–water partition coefficient (Wildman–Crippen LogP) is 2.69. The van der Waals surface area contributed by atoms with Gasteiger partial charge in [0.25, 0.3) is 0 Å². The number of ether oxygens (including phenoxy) is 4. The third kappa shape index (κ3) is 7.94. The summed E-state index contributed by atoms with van der Waals surface area (Å²) in [5.41, 5.74) is 0. The zero-order valence-electron chi connectivity index (χ0n) is 14.4. The molecule has 0 heterocycles. The molecule has 0 aliphatic heterocycles. The number of hydrogen-bond donors (Lipinski definition) is 1. The van der Waals surface area contributed by atoms with Gasteiger partial charge in [-0.05, 0) is 25.7 Å². The highest BCUT2D eigenvalue weighted by molar-refractivity contribution is 4.76. The van der Waals surface area contributed by atoms with Crippen LogP contribution in [-0.2, 0) is 18.9 Å². The van der Waals surface area contributed by atoms with Crippen molar-refractivity contribution in [1.82, 2.24) is 0 Å². The van der Waals surface area contributed by atoms with Crippen molar-refractivity contribution in [3.8, 4) is 0 Å². The van der Waals surface area contributed by atoms with Crippen LogP contribution in [0.15, 0.2) is 0 Å². The van der Waals surface area contributed by atoms with Gasteiger partial charge in [0.1, 0.15) is 0 Å². The summed E-state index contributed by atoms with van der Waals surface area (Å²) in [6.45, 7) is 2.93. The SMILES string of the molecule is OCCOCCOC1CCCCC1OCCOC1CCCCC1.